The molecule has 0 unspecified atom stereocenters. The fourth-order valence-corrected chi connectivity index (χ4v) is 5.03. The second kappa shape index (κ2) is 10.9. The number of thiazole rings is 2. The van der Waals surface area contributed by atoms with Crippen LogP contribution in [0.4, 0.5) is 21.4 Å². The number of nitrogens with zero attached hydrogens (tertiary/aromatic N) is 2. The molecular formula is C25H27N7O3S2. The number of nitrogens with one attached hydrogen (secondary N) is 3. The van der Waals surface area contributed by atoms with E-state index in [1.807, 2.05) is 43.5 Å². The second-order valence-electron chi connectivity index (χ2n) is 8.83. The van der Waals surface area contributed by atoms with E-state index < -0.39 is 11.6 Å². The van der Waals surface area contributed by atoms with Crippen molar-refractivity contribution < 1.29 is 14.3 Å². The van der Waals surface area contributed by atoms with Crippen molar-refractivity contribution >= 4 is 51.2 Å². The SMILES string of the molecule is COc1cccc(C(=O)Nc2cccc(-c3csc(-c4sc(NC(=O)NCC(C)(C)N)nc4N)n3)c2)c1. The molecule has 3 amide bonds. The minimum Gasteiger partial charge on any atom is -0.497 e. The van der Waals surface area contributed by atoms with Gasteiger partial charge in [-0.05, 0) is 44.2 Å². The summed E-state index contributed by atoms with van der Waals surface area (Å²) in [6, 6.07) is 14.0. The van der Waals surface area contributed by atoms with E-state index in [9.17, 15) is 9.59 Å². The molecule has 2 aromatic carbocycles. The Balaban J connectivity index is 1.46. The van der Waals surface area contributed by atoms with E-state index >= 15 is 0 Å². The quantitative estimate of drug-likeness (QED) is 0.219. The van der Waals surface area contributed by atoms with Gasteiger partial charge in [0.25, 0.3) is 5.91 Å². The first-order chi connectivity index (χ1) is 17.6. The van der Waals surface area contributed by atoms with Crippen LogP contribution in [0.3, 0.4) is 0 Å². The number of nitrogen functional groups attached to an aromatic ring is 1. The van der Waals surface area contributed by atoms with Gasteiger partial charge in [0.15, 0.2) is 5.13 Å². The highest BCUT2D eigenvalue weighted by Gasteiger charge is 2.18. The van der Waals surface area contributed by atoms with Crippen LogP contribution in [0.2, 0.25) is 0 Å². The third-order valence-corrected chi connectivity index (χ3v) is 7.01. The Morgan fingerprint density at radius 1 is 1.08 bits per heavy atom. The number of benzene rings is 2. The Morgan fingerprint density at radius 3 is 2.62 bits per heavy atom. The molecule has 37 heavy (non-hydrogen) atoms. The molecule has 0 saturated carbocycles. The molecular weight excluding hydrogens is 510 g/mol. The lowest BCUT2D eigenvalue weighted by Gasteiger charge is -2.18. The molecule has 0 saturated heterocycles. The predicted octanol–water partition coefficient (Wildman–Crippen LogP) is 4.64. The third kappa shape index (κ3) is 6.82. The van der Waals surface area contributed by atoms with E-state index in [0.717, 1.165) is 11.3 Å². The molecule has 0 aliphatic carbocycles. The minimum absolute atomic E-state index is 0.244. The van der Waals surface area contributed by atoms with Crippen LogP contribution in [0.25, 0.3) is 21.1 Å². The number of carbonyl (C=O) groups excluding carboxylic acids is 2. The number of carbonyl (C=O) groups is 2. The molecule has 12 heteroatoms. The summed E-state index contributed by atoms with van der Waals surface area (Å²) in [7, 11) is 1.56. The largest absolute Gasteiger partial charge is 0.497 e. The minimum atomic E-state index is -0.531. The molecule has 0 radical (unpaired) electrons. The number of methoxy groups -OCH3 is 1. The summed E-state index contributed by atoms with van der Waals surface area (Å²) in [4.78, 5) is 34.4. The molecule has 2 aromatic heterocycles. The van der Waals surface area contributed by atoms with Crippen LogP contribution in [0, 0.1) is 0 Å². The lowest BCUT2D eigenvalue weighted by Crippen LogP contribution is -2.46. The average molecular weight is 538 g/mol. The van der Waals surface area contributed by atoms with Gasteiger partial charge in [-0.15, -0.1) is 11.3 Å². The standard InChI is InChI=1S/C25H27N7O3S2/c1-25(2,27)13-28-23(34)32-24-31-20(26)19(37-24)22-30-18(12-36-22)14-6-4-8-16(10-14)29-21(33)15-7-5-9-17(11-15)35-3/h4-12H,13,26-27H2,1-3H3,(H,29,33)(H2,28,31,32,34). The third-order valence-electron chi connectivity index (χ3n) is 5.02. The van der Waals surface area contributed by atoms with E-state index in [-0.39, 0.29) is 11.7 Å². The van der Waals surface area contributed by atoms with Crippen molar-refractivity contribution in [3.63, 3.8) is 0 Å². The van der Waals surface area contributed by atoms with E-state index in [1.54, 1.807) is 31.4 Å². The van der Waals surface area contributed by atoms with Gasteiger partial charge in [0.2, 0.25) is 0 Å². The van der Waals surface area contributed by atoms with Gasteiger partial charge in [0.1, 0.15) is 21.5 Å². The molecule has 10 nitrogen and oxygen atoms in total. The number of urea groups is 1. The van der Waals surface area contributed by atoms with Crippen LogP contribution in [0.15, 0.2) is 53.9 Å². The topological polar surface area (TPSA) is 157 Å². The van der Waals surface area contributed by atoms with Crippen molar-refractivity contribution in [2.75, 3.05) is 30.0 Å². The molecule has 192 valence electrons. The number of hydrogen-bond acceptors (Lipinski definition) is 9. The monoisotopic (exact) mass is 537 g/mol. The van der Waals surface area contributed by atoms with E-state index in [0.29, 0.717) is 38.6 Å². The molecule has 4 aromatic rings. The lowest BCUT2D eigenvalue weighted by atomic mass is 10.1. The zero-order valence-electron chi connectivity index (χ0n) is 20.5. The number of anilines is 3. The molecule has 0 spiro atoms. The molecule has 0 aliphatic rings. The highest BCUT2D eigenvalue weighted by atomic mass is 32.1. The summed E-state index contributed by atoms with van der Waals surface area (Å²) in [6.45, 7) is 3.94. The Kier molecular flexibility index (Phi) is 7.71. The fraction of sp³-hybridized carbons (Fsp3) is 0.200. The van der Waals surface area contributed by atoms with Crippen LogP contribution in [0.5, 0.6) is 5.75 Å². The van der Waals surface area contributed by atoms with Crippen molar-refractivity contribution in [1.82, 2.24) is 15.3 Å². The summed E-state index contributed by atoms with van der Waals surface area (Å²) in [6.07, 6.45) is 0. The van der Waals surface area contributed by atoms with E-state index in [2.05, 4.69) is 20.9 Å². The number of amides is 3. The van der Waals surface area contributed by atoms with E-state index in [4.69, 9.17) is 21.2 Å². The molecule has 0 atom stereocenters. The number of rotatable bonds is 8. The average Bonchev–Trinajstić information content (AvgIpc) is 3.49. The summed E-state index contributed by atoms with van der Waals surface area (Å²) in [5.74, 6) is 0.642. The zero-order valence-corrected chi connectivity index (χ0v) is 22.1. The van der Waals surface area contributed by atoms with Crippen molar-refractivity contribution in [3.8, 4) is 26.9 Å². The Bertz CT molecular complexity index is 1430. The molecule has 2 heterocycles. The van der Waals surface area contributed by atoms with Gasteiger partial charge in [-0.1, -0.05) is 29.5 Å². The summed E-state index contributed by atoms with van der Waals surface area (Å²) in [5.41, 5.74) is 14.2. The normalized spacial score (nSPS) is 11.1. The highest BCUT2D eigenvalue weighted by Crippen LogP contribution is 2.38. The molecule has 4 rings (SSSR count). The van der Waals surface area contributed by atoms with Crippen LogP contribution in [-0.2, 0) is 0 Å². The number of hydrogen-bond donors (Lipinski definition) is 5. The first-order valence-corrected chi connectivity index (χ1v) is 12.9. The van der Waals surface area contributed by atoms with Crippen molar-refractivity contribution in [2.24, 2.45) is 5.73 Å². The molecule has 0 bridgehead atoms. The van der Waals surface area contributed by atoms with Gasteiger partial charge in [0, 0.05) is 34.3 Å². The molecule has 7 N–H and O–H groups in total. The summed E-state index contributed by atoms with van der Waals surface area (Å²) < 4.78 is 5.19. The van der Waals surface area contributed by atoms with E-state index in [1.165, 1.54) is 22.7 Å². The maximum Gasteiger partial charge on any atom is 0.321 e. The van der Waals surface area contributed by atoms with Crippen molar-refractivity contribution in [3.05, 3.63) is 59.5 Å². The second-order valence-corrected chi connectivity index (χ2v) is 10.7. The van der Waals surface area contributed by atoms with Crippen molar-refractivity contribution in [2.45, 2.75) is 19.4 Å². The number of ether oxygens (including phenoxy) is 1. The van der Waals surface area contributed by atoms with Crippen LogP contribution < -0.4 is 32.2 Å². The Morgan fingerprint density at radius 2 is 1.86 bits per heavy atom. The van der Waals surface area contributed by atoms with Gasteiger partial charge < -0.3 is 26.8 Å². The Labute approximate surface area is 222 Å². The summed E-state index contributed by atoms with van der Waals surface area (Å²) >= 11 is 2.65. The van der Waals surface area contributed by atoms with Gasteiger partial charge in [-0.25, -0.2) is 14.8 Å². The maximum atomic E-state index is 12.7. The highest BCUT2D eigenvalue weighted by molar-refractivity contribution is 7.23. The smallest absolute Gasteiger partial charge is 0.321 e. The Hall–Kier alpha value is -4.00. The maximum absolute atomic E-state index is 12.7. The van der Waals surface area contributed by atoms with Crippen LogP contribution in [-0.4, -0.2) is 41.1 Å². The van der Waals surface area contributed by atoms with Crippen LogP contribution >= 0.6 is 22.7 Å². The summed E-state index contributed by atoms with van der Waals surface area (Å²) in [5, 5.41) is 11.2. The first kappa shape index (κ1) is 26.1. The van der Waals surface area contributed by atoms with Gasteiger partial charge in [-0.2, -0.15) is 0 Å². The number of nitrogens with two attached hydrogens (primary N) is 2. The van der Waals surface area contributed by atoms with Gasteiger partial charge in [0.05, 0.1) is 12.8 Å². The van der Waals surface area contributed by atoms with Gasteiger partial charge in [-0.3, -0.25) is 10.1 Å². The predicted molar refractivity (Wildman–Crippen MR) is 149 cm³/mol. The number of aromatic nitrogens is 2. The van der Waals surface area contributed by atoms with Crippen LogP contribution in [0.1, 0.15) is 24.2 Å². The first-order valence-electron chi connectivity index (χ1n) is 11.2. The van der Waals surface area contributed by atoms with Crippen molar-refractivity contribution in [1.29, 1.82) is 0 Å². The lowest BCUT2D eigenvalue weighted by molar-refractivity contribution is 0.102. The molecule has 0 aliphatic heterocycles. The molecule has 0 fully saturated rings. The fourth-order valence-electron chi connectivity index (χ4n) is 3.22. The van der Waals surface area contributed by atoms with Gasteiger partial charge >= 0.3 is 6.03 Å². The zero-order chi connectivity index (χ0) is 26.6.